The zero-order chi connectivity index (χ0) is 104. The summed E-state index contributed by atoms with van der Waals surface area (Å²) >= 11 is 3.13. The van der Waals surface area contributed by atoms with Crippen LogP contribution in [0.5, 0.6) is 28.7 Å². The zero-order valence-corrected chi connectivity index (χ0v) is 83.5. The van der Waals surface area contributed by atoms with Crippen LogP contribution in [0.2, 0.25) is 0 Å². The van der Waals surface area contributed by atoms with Gasteiger partial charge in [-0.2, -0.15) is 0 Å². The molecular formula is C100H126BrN5O32S. The van der Waals surface area contributed by atoms with Crippen molar-refractivity contribution < 1.29 is 158 Å². The highest BCUT2D eigenvalue weighted by Gasteiger charge is 2.30. The van der Waals surface area contributed by atoms with Crippen molar-refractivity contribution in [3.05, 3.63) is 251 Å². The molecule has 0 saturated carbocycles. The molecule has 8 rings (SSSR count). The van der Waals surface area contributed by atoms with Crippen LogP contribution in [-0.4, -0.2) is 214 Å². The Morgan fingerprint density at radius 3 is 0.942 bits per heavy atom. The van der Waals surface area contributed by atoms with E-state index in [1.54, 1.807) is 217 Å². The van der Waals surface area contributed by atoms with Gasteiger partial charge in [0.05, 0.1) is 50.7 Å². The molecule has 4 amide bonds. The number of alkyl carbamates (subject to hydrolysis) is 4. The van der Waals surface area contributed by atoms with E-state index in [1.807, 2.05) is 67.6 Å². The standard InChI is InChI=1S/C24H29NO7.C18H24BrNO6.C18H25NO6.C17H23NO7.C16H17NO3.C7H8O3S/c1-24(2,3)32-23(28)25-20(22(27)31-15-18-8-6-5-7-9-18)14-17-10-12-19(13-11-17)30-16-21(26)29-4;1-18(2,3)26-17(23)20-14(15(21)10-19)9-12-5-7-13(8-6-12)25-11-16(22)24-4;1-12(20)15(19-17(22)25-18(2,3)4)10-13-6-8-14(9-7-13)24-11-16(21)23-5;1-17(2,3)25-16(22)18-13(15(20)21)9-11-5-7-12(8-6-11)24-10-14(19)23-4;17-15(10-12-6-8-14(18)9-7-12)16(19)20-11-13-4-2-1-3-5-13;1-6-2-4-7(5-3-6)11(8,9)10/h5-13,20H,14-16H2,1-4H3,(H,25,28);5-8,14H,9-11H2,1-4H3,(H,20,23);6-9,15H,10-11H2,1-5H3,(H,19,22);5-8,13H,9-10H2,1-4H3,(H,18,22)(H,20,21);1-9,15,18H,10-11,17H2;2-5H,1H3,(H,8,9,10)/t20-;14-;15-;13-;15-;/m00000./s1. The molecule has 0 aliphatic heterocycles. The molecule has 0 radical (unpaired) electrons. The minimum atomic E-state index is -4.27. The Balaban J connectivity index is 0.000000437. The van der Waals surface area contributed by atoms with Gasteiger partial charge in [-0.15, -0.1) is 0 Å². The van der Waals surface area contributed by atoms with Gasteiger partial charge in [0.25, 0.3) is 0 Å². The Bertz CT molecular complexity index is 5190. The second-order valence-electron chi connectivity index (χ2n) is 34.2. The van der Waals surface area contributed by atoms with Crippen molar-refractivity contribution >= 4 is 104 Å². The quantitative estimate of drug-likeness (QED) is 0.00823. The molecule has 0 heterocycles. The number of halogens is 1. The van der Waals surface area contributed by atoms with Crippen LogP contribution < -0.4 is 45.9 Å². The van der Waals surface area contributed by atoms with E-state index in [0.717, 1.165) is 38.9 Å². The van der Waals surface area contributed by atoms with Gasteiger partial charge in [-0.1, -0.05) is 155 Å². The van der Waals surface area contributed by atoms with Crippen LogP contribution in [-0.2, 0) is 146 Å². The number of aryl methyl sites for hydroxylation is 1. The van der Waals surface area contributed by atoms with Crippen molar-refractivity contribution in [3.63, 3.8) is 0 Å². The van der Waals surface area contributed by atoms with Crippen LogP contribution >= 0.6 is 15.9 Å². The lowest BCUT2D eigenvalue weighted by Crippen LogP contribution is -2.66. The number of esters is 6. The fourth-order valence-electron chi connectivity index (χ4n) is 10.8. The molecule has 5 atom stereocenters. The normalized spacial score (nSPS) is 11.9. The number of hydrogen-bond acceptors (Lipinski definition) is 31. The summed E-state index contributed by atoms with van der Waals surface area (Å²) in [6.45, 7) is 23.6. The monoisotopic (exact) mass is 2020 g/mol. The number of nitrogens with one attached hydrogen (secondary N) is 4. The predicted octanol–water partition coefficient (Wildman–Crippen LogP) is 12.3. The van der Waals surface area contributed by atoms with Gasteiger partial charge in [-0.3, -0.25) is 9.59 Å². The third-order valence-electron chi connectivity index (χ3n) is 17.7. The van der Waals surface area contributed by atoms with Gasteiger partial charge < -0.3 is 108 Å². The number of carboxylic acid groups (broad SMARTS) is 1. The first-order valence-corrected chi connectivity index (χ1v) is 45.7. The van der Waals surface area contributed by atoms with Gasteiger partial charge in [0, 0.05) is 19.3 Å². The SMILES string of the molecule is COC(=O)COc1ccc(C[C@H](NC(=O)OC(C)(C)C)C(=O)CBr)cc1.COC(=O)COc1ccc(C[C@H](NC(=O)OC(C)(C)C)C(=O)O)cc1.COC(=O)COc1ccc(C[C@H](NC(=O)OC(C)(C)C)C(=O)OCc2ccccc2)cc1.COC(=O)COc1ccc(C[C@H](NC(=O)OC(C)(C)C)C(C)=O)cc1.Cc1ccc(S(=O)(=O)[O-])cc1.[NH3+][C@@H](Cc1ccc(O)cc1)C(=O)OCc1ccccc1. The number of quaternary nitrogens is 1. The van der Waals surface area contributed by atoms with Crippen LogP contribution in [0.15, 0.2) is 211 Å². The van der Waals surface area contributed by atoms with E-state index in [1.165, 1.54) is 47.5 Å². The fraction of sp³-hybridized carbons (Fsp3) is 0.390. The first-order valence-electron chi connectivity index (χ1n) is 43.2. The summed E-state index contributed by atoms with van der Waals surface area (Å²) in [5, 5.41) is 28.7. The molecule has 756 valence electrons. The molecule has 0 aromatic heterocycles. The molecule has 0 fully saturated rings. The summed E-state index contributed by atoms with van der Waals surface area (Å²) in [6, 6.07) is 54.5. The first-order chi connectivity index (χ1) is 65.2. The van der Waals surface area contributed by atoms with Gasteiger partial charge >= 0.3 is 66.2 Å². The maximum absolute atomic E-state index is 12.7. The smallest absolute Gasteiger partial charge is 0.408 e. The average molecular weight is 2020 g/mol. The van der Waals surface area contributed by atoms with Crippen LogP contribution in [0, 0.1) is 6.92 Å². The minimum absolute atomic E-state index is 0.0753. The topological polar surface area (TPSA) is 525 Å². The summed E-state index contributed by atoms with van der Waals surface area (Å²) in [5.41, 5.74) is 7.88. The number of benzene rings is 8. The second-order valence-corrected chi connectivity index (χ2v) is 36.2. The van der Waals surface area contributed by atoms with E-state index in [-0.39, 0.29) is 86.0 Å². The number of ether oxygens (including phenoxy) is 14. The summed E-state index contributed by atoms with van der Waals surface area (Å²) in [6.07, 6.45) is -1.40. The average Bonchev–Trinajstić information content (AvgIpc) is 0.870. The van der Waals surface area contributed by atoms with Crippen LogP contribution in [0.1, 0.15) is 135 Å². The number of aliphatic carboxylic acids is 1. The fourth-order valence-corrected chi connectivity index (χ4v) is 11.7. The van der Waals surface area contributed by atoms with Gasteiger partial charge in [0.15, 0.2) is 44.0 Å². The van der Waals surface area contributed by atoms with E-state index in [0.29, 0.717) is 47.8 Å². The third-order valence-corrected chi connectivity index (χ3v) is 19.1. The highest BCUT2D eigenvalue weighted by Crippen LogP contribution is 2.22. The number of Topliss-reactive ketones (excluding diaryl/α,β-unsaturated/α-hetero) is 2. The number of hydrogen-bond donors (Lipinski definition) is 7. The molecule has 0 spiro atoms. The lowest BCUT2D eigenvalue weighted by molar-refractivity contribution is -0.408. The second kappa shape index (κ2) is 60.4. The molecule has 8 aromatic carbocycles. The summed E-state index contributed by atoms with van der Waals surface area (Å²) in [7, 11) is 0.845. The van der Waals surface area contributed by atoms with Crippen molar-refractivity contribution in [2.24, 2.45) is 0 Å². The summed E-state index contributed by atoms with van der Waals surface area (Å²) in [4.78, 5) is 152. The Morgan fingerprint density at radius 2 is 0.647 bits per heavy atom. The number of carbonyl (C=O) groups is 13. The molecule has 0 saturated heterocycles. The Morgan fingerprint density at radius 1 is 0.374 bits per heavy atom. The highest BCUT2D eigenvalue weighted by molar-refractivity contribution is 9.09. The Labute approximate surface area is 817 Å². The number of aromatic hydroxyl groups is 1. The van der Waals surface area contributed by atoms with Crippen molar-refractivity contribution in [1.29, 1.82) is 0 Å². The van der Waals surface area contributed by atoms with Gasteiger partial charge in [-0.25, -0.2) is 61.2 Å². The number of alkyl halides is 1. The van der Waals surface area contributed by atoms with E-state index >= 15 is 0 Å². The van der Waals surface area contributed by atoms with Crippen molar-refractivity contribution in [3.8, 4) is 28.7 Å². The molecule has 39 heteroatoms. The van der Waals surface area contributed by atoms with Crippen molar-refractivity contribution in [1.82, 2.24) is 21.3 Å². The van der Waals surface area contributed by atoms with Crippen LogP contribution in [0.3, 0.4) is 0 Å². The van der Waals surface area contributed by atoms with Crippen molar-refractivity contribution in [2.45, 2.75) is 200 Å². The molecular weight excluding hydrogens is 1900 g/mol. The summed E-state index contributed by atoms with van der Waals surface area (Å²) in [5.74, 6) is -2.20. The molecule has 139 heavy (non-hydrogen) atoms. The largest absolute Gasteiger partial charge is 0.744 e. The minimum Gasteiger partial charge on any atom is -0.744 e. The maximum atomic E-state index is 12.7. The van der Waals surface area contributed by atoms with Gasteiger partial charge in [0.2, 0.25) is 0 Å². The van der Waals surface area contributed by atoms with E-state index in [9.17, 15) is 85.5 Å². The van der Waals surface area contributed by atoms with Crippen molar-refractivity contribution in [2.75, 3.05) is 60.2 Å². The third kappa shape index (κ3) is 54.4. The predicted molar refractivity (Wildman–Crippen MR) is 510 cm³/mol. The number of amides is 4. The maximum Gasteiger partial charge on any atom is 0.408 e. The molecule has 9 N–H and O–H groups in total. The van der Waals surface area contributed by atoms with Gasteiger partial charge in [0.1, 0.15) is 86.6 Å². The zero-order valence-electron chi connectivity index (χ0n) is 81.1. The van der Waals surface area contributed by atoms with Crippen LogP contribution in [0.25, 0.3) is 0 Å². The number of ketones is 2. The lowest BCUT2D eigenvalue weighted by Gasteiger charge is -2.23. The molecule has 8 aromatic rings. The lowest BCUT2D eigenvalue weighted by atomic mass is 10.0. The summed E-state index contributed by atoms with van der Waals surface area (Å²) < 4.78 is 102. The van der Waals surface area contributed by atoms with E-state index in [2.05, 4.69) is 61.9 Å². The highest BCUT2D eigenvalue weighted by atomic mass is 79.9. The number of methoxy groups -OCH3 is 4. The molecule has 0 bridgehead atoms. The number of carbonyl (C=O) groups excluding carboxylic acids is 12. The number of carboxylic acids is 1. The van der Waals surface area contributed by atoms with E-state index < -0.39 is 123 Å². The molecule has 0 aliphatic carbocycles. The number of phenolic OH excluding ortho intramolecular Hbond substituents is 1. The molecule has 37 nitrogen and oxygen atoms in total. The van der Waals surface area contributed by atoms with Gasteiger partial charge in [-0.05, 0) is 222 Å². The molecule has 0 aliphatic rings. The van der Waals surface area contributed by atoms with Crippen LogP contribution in [0.4, 0.5) is 19.2 Å². The first kappa shape index (κ1) is 119. The Hall–Kier alpha value is -14.2. The Kier molecular flexibility index (Phi) is 51.7. The number of rotatable bonds is 37. The number of phenols is 1. The molecule has 0 unspecified atom stereocenters. The van der Waals surface area contributed by atoms with E-state index in [4.69, 9.17) is 47.4 Å².